The van der Waals surface area contributed by atoms with Crippen molar-refractivity contribution >= 4 is 33.2 Å². The molecule has 29 heavy (non-hydrogen) atoms. The van der Waals surface area contributed by atoms with E-state index in [-0.39, 0.29) is 16.6 Å². The van der Waals surface area contributed by atoms with Crippen LogP contribution in [0.5, 0.6) is 0 Å². The molecule has 1 heterocycles. The lowest BCUT2D eigenvalue weighted by Gasteiger charge is -2.18. The van der Waals surface area contributed by atoms with E-state index in [0.29, 0.717) is 28.5 Å². The Balaban J connectivity index is 1.81. The Hall–Kier alpha value is -2.97. The van der Waals surface area contributed by atoms with Gasteiger partial charge in [0.15, 0.2) is 5.43 Å². The van der Waals surface area contributed by atoms with E-state index in [4.69, 9.17) is 0 Å². The Morgan fingerprint density at radius 2 is 1.83 bits per heavy atom. The second-order valence-corrected chi connectivity index (χ2v) is 6.84. The summed E-state index contributed by atoms with van der Waals surface area (Å²) in [6.45, 7) is 9.55. The Morgan fingerprint density at radius 3 is 2.55 bits per heavy atom. The minimum Gasteiger partial charge on any atom is -0.383 e. The van der Waals surface area contributed by atoms with E-state index in [0.717, 1.165) is 32.7 Å². The molecule has 154 valence electrons. The summed E-state index contributed by atoms with van der Waals surface area (Å²) in [6.07, 6.45) is 0. The molecule has 0 radical (unpaired) electrons. The first-order valence-corrected chi connectivity index (χ1v) is 9.95. The summed E-state index contributed by atoms with van der Waals surface area (Å²) in [5, 5.41) is 18.9. The predicted octanol–water partition coefficient (Wildman–Crippen LogP) is 2.93. The van der Waals surface area contributed by atoms with Crippen LogP contribution in [0.2, 0.25) is 0 Å². The summed E-state index contributed by atoms with van der Waals surface area (Å²) in [4.78, 5) is 29.5. The first-order chi connectivity index (χ1) is 14.1. The molecule has 0 saturated heterocycles. The van der Waals surface area contributed by atoms with Gasteiger partial charge in [0, 0.05) is 48.8 Å². The monoisotopic (exact) mass is 397 g/mol. The number of likely N-dealkylation sites (N-methyl/N-ethyl adjacent to an activating group) is 1. The van der Waals surface area contributed by atoms with E-state index < -0.39 is 4.92 Å². The highest BCUT2D eigenvalue weighted by molar-refractivity contribution is 6.03. The van der Waals surface area contributed by atoms with E-state index in [2.05, 4.69) is 34.4 Å². The van der Waals surface area contributed by atoms with E-state index in [1.807, 2.05) is 0 Å². The van der Waals surface area contributed by atoms with Crippen molar-refractivity contribution in [2.75, 3.05) is 44.6 Å². The fourth-order valence-electron chi connectivity index (χ4n) is 3.50. The Kier molecular flexibility index (Phi) is 6.79. The van der Waals surface area contributed by atoms with E-state index in [1.165, 1.54) is 6.07 Å². The summed E-state index contributed by atoms with van der Waals surface area (Å²) < 4.78 is 0. The van der Waals surface area contributed by atoms with Crippen LogP contribution in [-0.2, 0) is 0 Å². The van der Waals surface area contributed by atoms with Gasteiger partial charge in [-0.05, 0) is 31.3 Å². The predicted molar refractivity (Wildman–Crippen MR) is 118 cm³/mol. The van der Waals surface area contributed by atoms with Gasteiger partial charge in [0.25, 0.3) is 5.69 Å². The van der Waals surface area contributed by atoms with Crippen LogP contribution in [0.4, 0.5) is 11.4 Å². The molecule has 8 heteroatoms. The number of anilines is 1. The van der Waals surface area contributed by atoms with Crippen LogP contribution < -0.4 is 16.1 Å². The number of para-hydroxylation sites is 1. The van der Waals surface area contributed by atoms with Crippen molar-refractivity contribution < 1.29 is 4.92 Å². The largest absolute Gasteiger partial charge is 0.383 e. The molecule has 0 amide bonds. The summed E-state index contributed by atoms with van der Waals surface area (Å²) in [6, 6.07) is 10.1. The summed E-state index contributed by atoms with van der Waals surface area (Å²) in [5.41, 5.74) is 1.12. The molecule has 0 aliphatic heterocycles. The molecule has 3 rings (SSSR count). The number of benzene rings is 2. The van der Waals surface area contributed by atoms with Gasteiger partial charge in [-0.2, -0.15) is 0 Å². The molecule has 0 aliphatic carbocycles. The summed E-state index contributed by atoms with van der Waals surface area (Å²) in [5.74, 6) is 0. The van der Waals surface area contributed by atoms with Crippen molar-refractivity contribution in [3.8, 4) is 0 Å². The van der Waals surface area contributed by atoms with E-state index >= 15 is 0 Å². The second-order valence-electron chi connectivity index (χ2n) is 6.84. The molecule has 2 aromatic carbocycles. The maximum Gasteiger partial charge on any atom is 0.293 e. The van der Waals surface area contributed by atoms with Crippen molar-refractivity contribution in [3.63, 3.8) is 0 Å². The lowest BCUT2D eigenvalue weighted by atomic mass is 10.1. The van der Waals surface area contributed by atoms with Crippen molar-refractivity contribution in [1.29, 1.82) is 0 Å². The van der Waals surface area contributed by atoms with Crippen molar-refractivity contribution in [2.24, 2.45) is 0 Å². The number of rotatable bonds is 10. The molecule has 0 bridgehead atoms. The van der Waals surface area contributed by atoms with Crippen LogP contribution in [0.25, 0.3) is 21.8 Å². The lowest BCUT2D eigenvalue weighted by molar-refractivity contribution is -0.383. The zero-order chi connectivity index (χ0) is 20.8. The average Bonchev–Trinajstić information content (AvgIpc) is 2.73. The zero-order valence-electron chi connectivity index (χ0n) is 16.8. The number of hydrogen-bond donors (Lipinski definition) is 3. The molecule has 0 fully saturated rings. The van der Waals surface area contributed by atoms with Gasteiger partial charge < -0.3 is 20.5 Å². The first-order valence-electron chi connectivity index (χ1n) is 9.95. The molecule has 8 nitrogen and oxygen atoms in total. The van der Waals surface area contributed by atoms with Crippen molar-refractivity contribution in [1.82, 2.24) is 15.2 Å². The van der Waals surface area contributed by atoms with Crippen molar-refractivity contribution in [3.05, 3.63) is 56.7 Å². The molecule has 0 unspecified atom stereocenters. The minimum absolute atomic E-state index is 0.106. The third-order valence-electron chi connectivity index (χ3n) is 5.15. The molecule has 3 N–H and O–H groups in total. The van der Waals surface area contributed by atoms with Gasteiger partial charge >= 0.3 is 0 Å². The number of nitro groups is 1. The molecule has 3 aromatic rings. The standard InChI is InChI=1S/C21H27N5O3/c1-3-25(4-2)14-13-22-11-12-23-17-9-10-18(26(28)29)20-19(17)21(27)15-7-5-6-8-16(15)24-20/h5-10,22-23H,3-4,11-14H2,1-2H3,(H,24,27). The van der Waals surface area contributed by atoms with Crippen molar-refractivity contribution in [2.45, 2.75) is 13.8 Å². The molecule has 0 saturated carbocycles. The maximum atomic E-state index is 13.1. The topological polar surface area (TPSA) is 103 Å². The van der Waals surface area contributed by atoms with Crippen LogP contribution in [0.15, 0.2) is 41.2 Å². The lowest BCUT2D eigenvalue weighted by Crippen LogP contribution is -2.33. The van der Waals surface area contributed by atoms with Gasteiger partial charge in [-0.3, -0.25) is 14.9 Å². The SMILES string of the molecule is CCN(CC)CCNCCNc1ccc([N+](=O)[O-])c2[nH]c3ccccc3c(=O)c12. The number of fused-ring (bicyclic) bond motifs is 2. The van der Waals surface area contributed by atoms with Crippen LogP contribution in [0, 0.1) is 10.1 Å². The van der Waals surface area contributed by atoms with Gasteiger partial charge in [-0.25, -0.2) is 0 Å². The fraction of sp³-hybridized carbons (Fsp3) is 0.381. The highest BCUT2D eigenvalue weighted by Crippen LogP contribution is 2.29. The Labute approximate surface area is 169 Å². The molecule has 0 aliphatic rings. The number of nitro benzene ring substituents is 1. The Bertz CT molecular complexity index is 1060. The highest BCUT2D eigenvalue weighted by Gasteiger charge is 2.19. The van der Waals surface area contributed by atoms with Gasteiger partial charge in [0.2, 0.25) is 0 Å². The molecular formula is C21H27N5O3. The molecule has 1 aromatic heterocycles. The summed E-state index contributed by atoms with van der Waals surface area (Å²) in [7, 11) is 0. The van der Waals surface area contributed by atoms with Gasteiger partial charge in [0.1, 0.15) is 5.52 Å². The number of non-ortho nitro benzene ring substituents is 1. The number of aromatic nitrogens is 1. The number of H-pyrrole nitrogens is 1. The van der Waals surface area contributed by atoms with E-state index in [9.17, 15) is 14.9 Å². The normalized spacial score (nSPS) is 11.4. The highest BCUT2D eigenvalue weighted by atomic mass is 16.6. The van der Waals surface area contributed by atoms with Crippen LogP contribution >= 0.6 is 0 Å². The third-order valence-corrected chi connectivity index (χ3v) is 5.15. The minimum atomic E-state index is -0.467. The van der Waals surface area contributed by atoms with Gasteiger partial charge in [0.05, 0.1) is 10.3 Å². The van der Waals surface area contributed by atoms with Gasteiger partial charge in [-0.15, -0.1) is 0 Å². The third kappa shape index (κ3) is 4.55. The number of nitrogens with one attached hydrogen (secondary N) is 3. The number of aromatic amines is 1. The van der Waals surface area contributed by atoms with Crippen LogP contribution in [-0.4, -0.2) is 54.1 Å². The maximum absolute atomic E-state index is 13.1. The number of hydrogen-bond acceptors (Lipinski definition) is 6. The van der Waals surface area contributed by atoms with E-state index in [1.54, 1.807) is 30.3 Å². The first kappa shape index (κ1) is 20.8. The quantitative estimate of drug-likeness (QED) is 0.210. The fourth-order valence-corrected chi connectivity index (χ4v) is 3.50. The molecule has 0 atom stereocenters. The average molecular weight is 397 g/mol. The number of pyridine rings is 1. The molecular weight excluding hydrogens is 370 g/mol. The zero-order valence-corrected chi connectivity index (χ0v) is 16.8. The second kappa shape index (κ2) is 9.49. The number of nitrogens with zero attached hydrogens (tertiary/aromatic N) is 2. The van der Waals surface area contributed by atoms with Crippen LogP contribution in [0.3, 0.4) is 0 Å². The van der Waals surface area contributed by atoms with Gasteiger partial charge in [-0.1, -0.05) is 26.0 Å². The molecule has 0 spiro atoms. The summed E-state index contributed by atoms with van der Waals surface area (Å²) >= 11 is 0. The van der Waals surface area contributed by atoms with Crippen LogP contribution in [0.1, 0.15) is 13.8 Å². The Morgan fingerprint density at radius 1 is 1.07 bits per heavy atom. The smallest absolute Gasteiger partial charge is 0.293 e.